The molecule has 196 valence electrons. The lowest BCUT2D eigenvalue weighted by atomic mass is 10.1. The van der Waals surface area contributed by atoms with Gasteiger partial charge in [0.15, 0.2) is 16.9 Å². The number of hydrogen-bond acceptors (Lipinski definition) is 5. The van der Waals surface area contributed by atoms with Crippen LogP contribution in [0.15, 0.2) is 71.5 Å². The van der Waals surface area contributed by atoms with Crippen molar-refractivity contribution in [3.8, 4) is 11.5 Å². The normalized spacial score (nSPS) is 13.8. The molecule has 0 fully saturated rings. The second-order valence-corrected chi connectivity index (χ2v) is 12.5. The van der Waals surface area contributed by atoms with Crippen LogP contribution in [-0.2, 0) is 17.2 Å². The Morgan fingerprint density at radius 3 is 2.16 bits per heavy atom. The van der Waals surface area contributed by atoms with Crippen LogP contribution in [0.4, 0.5) is 0 Å². The van der Waals surface area contributed by atoms with Gasteiger partial charge in [-0.15, -0.1) is 11.3 Å². The Bertz CT molecular complexity index is 1340. The lowest BCUT2D eigenvalue weighted by Crippen LogP contribution is -2.16. The van der Waals surface area contributed by atoms with Crippen molar-refractivity contribution in [1.29, 1.82) is 0 Å². The average Bonchev–Trinajstić information content (AvgIpc) is 3.39. The van der Waals surface area contributed by atoms with Gasteiger partial charge >= 0.3 is 0 Å². The van der Waals surface area contributed by atoms with Crippen molar-refractivity contribution in [2.24, 2.45) is 0 Å². The molecule has 0 bridgehead atoms. The van der Waals surface area contributed by atoms with Crippen molar-refractivity contribution < 1.29 is 13.7 Å². The summed E-state index contributed by atoms with van der Waals surface area (Å²) in [5.74, 6) is 2.45. The van der Waals surface area contributed by atoms with Gasteiger partial charge < -0.3 is 9.47 Å². The van der Waals surface area contributed by atoms with Crippen LogP contribution < -0.4 is 14.9 Å². The standard InChI is InChI=1S/C18H28O3S.C13H8OS/c1-3-4-5-6-7-8-11-22(19)15(2)12-16-9-10-17-18(13-16)21-14-20-17;14-13-9-5-1-3-7-11(9)15-12-8-4-2-6-10(12)13/h9-10,13,15H,3-8,11-12,14H2,1-2H3;1-8H. The van der Waals surface area contributed by atoms with Gasteiger partial charge in [-0.05, 0) is 54.8 Å². The molecule has 1 aromatic heterocycles. The fraction of sp³-hybridized carbons (Fsp3) is 0.387. The first-order chi connectivity index (χ1) is 18.1. The van der Waals surface area contributed by atoms with Crippen molar-refractivity contribution in [2.75, 3.05) is 12.5 Å². The molecule has 0 radical (unpaired) electrons. The van der Waals surface area contributed by atoms with Crippen molar-refractivity contribution in [3.05, 3.63) is 82.5 Å². The molecule has 2 unspecified atom stereocenters. The molecule has 4 aromatic rings. The largest absolute Gasteiger partial charge is 0.454 e. The molecule has 4 nitrogen and oxygen atoms in total. The quantitative estimate of drug-likeness (QED) is 0.153. The predicted octanol–water partition coefficient (Wildman–Crippen LogP) is 7.87. The zero-order valence-corrected chi connectivity index (χ0v) is 23.4. The van der Waals surface area contributed by atoms with Crippen LogP contribution in [-0.4, -0.2) is 22.0 Å². The van der Waals surface area contributed by atoms with Gasteiger partial charge in [0.1, 0.15) is 0 Å². The number of unbranched alkanes of at least 4 members (excludes halogenated alkanes) is 5. The van der Waals surface area contributed by atoms with Gasteiger partial charge in [0.05, 0.1) is 0 Å². The molecule has 3 aromatic carbocycles. The third kappa shape index (κ3) is 7.42. The lowest BCUT2D eigenvalue weighted by Gasteiger charge is -2.12. The highest BCUT2D eigenvalue weighted by atomic mass is 32.2. The van der Waals surface area contributed by atoms with Gasteiger partial charge in [-0.2, -0.15) is 0 Å². The Hall–Kier alpha value is -2.70. The molecular weight excluding hydrogens is 500 g/mol. The van der Waals surface area contributed by atoms with Gasteiger partial charge in [-0.25, -0.2) is 0 Å². The topological polar surface area (TPSA) is 52.6 Å². The molecule has 0 amide bonds. The number of ether oxygens (including phenoxy) is 2. The Balaban J connectivity index is 0.000000184. The second kappa shape index (κ2) is 13.7. The van der Waals surface area contributed by atoms with Crippen LogP contribution in [0.5, 0.6) is 11.5 Å². The fourth-order valence-electron chi connectivity index (χ4n) is 4.47. The molecule has 0 aliphatic carbocycles. The highest BCUT2D eigenvalue weighted by Crippen LogP contribution is 2.33. The molecule has 1 aliphatic heterocycles. The maximum Gasteiger partial charge on any atom is 0.231 e. The first-order valence-corrected chi connectivity index (χ1v) is 15.4. The number of benzene rings is 3. The van der Waals surface area contributed by atoms with E-state index in [1.165, 1.54) is 37.7 Å². The predicted molar refractivity (Wildman–Crippen MR) is 158 cm³/mol. The molecular formula is C31H36O4S2. The van der Waals surface area contributed by atoms with E-state index in [4.69, 9.17) is 9.47 Å². The van der Waals surface area contributed by atoms with E-state index in [9.17, 15) is 9.00 Å². The first-order valence-electron chi connectivity index (χ1n) is 13.2. The van der Waals surface area contributed by atoms with E-state index in [1.54, 1.807) is 11.3 Å². The van der Waals surface area contributed by atoms with Gasteiger partial charge in [0.2, 0.25) is 6.79 Å². The maximum atomic E-state index is 12.3. The van der Waals surface area contributed by atoms with Crippen LogP contribution in [0, 0.1) is 0 Å². The van der Waals surface area contributed by atoms with E-state index < -0.39 is 10.8 Å². The van der Waals surface area contributed by atoms with E-state index in [0.717, 1.165) is 50.3 Å². The molecule has 2 heterocycles. The summed E-state index contributed by atoms with van der Waals surface area (Å²) in [5.41, 5.74) is 1.31. The molecule has 0 saturated carbocycles. The highest BCUT2D eigenvalue weighted by Gasteiger charge is 2.16. The van der Waals surface area contributed by atoms with E-state index >= 15 is 0 Å². The van der Waals surface area contributed by atoms with Crippen LogP contribution >= 0.6 is 11.3 Å². The van der Waals surface area contributed by atoms with Gasteiger partial charge in [0, 0.05) is 42.0 Å². The molecule has 0 saturated heterocycles. The van der Waals surface area contributed by atoms with Crippen molar-refractivity contribution in [2.45, 2.75) is 64.0 Å². The van der Waals surface area contributed by atoms with E-state index in [1.807, 2.05) is 66.7 Å². The molecule has 1 aliphatic rings. The SMILES string of the molecule is CCCCCCCCS(=O)C(C)Cc1ccc2c(c1)OCO2.O=c1c2ccccc2sc2ccccc12. The zero-order valence-electron chi connectivity index (χ0n) is 21.7. The van der Waals surface area contributed by atoms with E-state index in [0.29, 0.717) is 6.79 Å². The number of hydrogen-bond donors (Lipinski definition) is 0. The third-order valence-electron chi connectivity index (χ3n) is 6.59. The summed E-state index contributed by atoms with van der Waals surface area (Å²) in [6.07, 6.45) is 8.32. The Labute approximate surface area is 226 Å². The lowest BCUT2D eigenvalue weighted by molar-refractivity contribution is 0.174. The van der Waals surface area contributed by atoms with Crippen LogP contribution in [0.2, 0.25) is 0 Å². The molecule has 6 heteroatoms. The average molecular weight is 537 g/mol. The molecule has 5 rings (SSSR count). The molecule has 37 heavy (non-hydrogen) atoms. The fourth-order valence-corrected chi connectivity index (χ4v) is 6.81. The monoisotopic (exact) mass is 536 g/mol. The van der Waals surface area contributed by atoms with Crippen LogP contribution in [0.25, 0.3) is 20.2 Å². The molecule has 2 atom stereocenters. The summed E-state index contributed by atoms with van der Waals surface area (Å²) >= 11 is 1.67. The summed E-state index contributed by atoms with van der Waals surface area (Å²) < 4.78 is 25.2. The van der Waals surface area contributed by atoms with Gasteiger partial charge in [-0.3, -0.25) is 9.00 Å². The summed E-state index contributed by atoms with van der Waals surface area (Å²) in [5, 5.41) is 1.83. The summed E-state index contributed by atoms with van der Waals surface area (Å²) in [7, 11) is -0.743. The Morgan fingerprint density at radius 1 is 0.838 bits per heavy atom. The van der Waals surface area contributed by atoms with Crippen molar-refractivity contribution >= 4 is 42.3 Å². The van der Waals surface area contributed by atoms with Gasteiger partial charge in [-0.1, -0.05) is 76.3 Å². The summed E-state index contributed by atoms with van der Waals surface area (Å²) in [6, 6.07) is 21.5. The van der Waals surface area contributed by atoms with Crippen molar-refractivity contribution in [1.82, 2.24) is 0 Å². The van der Waals surface area contributed by atoms with Crippen LogP contribution in [0.3, 0.4) is 0 Å². The van der Waals surface area contributed by atoms with Crippen molar-refractivity contribution in [3.63, 3.8) is 0 Å². The zero-order chi connectivity index (χ0) is 26.0. The van der Waals surface area contributed by atoms with E-state index in [2.05, 4.69) is 13.8 Å². The Kier molecular flexibility index (Phi) is 10.1. The van der Waals surface area contributed by atoms with Gasteiger partial charge in [0.25, 0.3) is 0 Å². The van der Waals surface area contributed by atoms with E-state index in [-0.39, 0.29) is 10.7 Å². The smallest absolute Gasteiger partial charge is 0.231 e. The third-order valence-corrected chi connectivity index (χ3v) is 9.50. The minimum Gasteiger partial charge on any atom is -0.454 e. The minimum absolute atomic E-state index is 0.139. The maximum absolute atomic E-state index is 12.3. The first kappa shape index (κ1) is 27.3. The second-order valence-electron chi connectivity index (χ2n) is 9.48. The number of fused-ring (bicyclic) bond motifs is 3. The minimum atomic E-state index is -0.743. The number of rotatable bonds is 10. The Morgan fingerprint density at radius 2 is 1.46 bits per heavy atom. The summed E-state index contributed by atoms with van der Waals surface area (Å²) in [4.78, 5) is 12.1. The molecule has 0 N–H and O–H groups in total. The summed E-state index contributed by atoms with van der Waals surface area (Å²) in [6.45, 7) is 4.61. The van der Waals surface area contributed by atoms with Crippen LogP contribution in [0.1, 0.15) is 57.9 Å². The highest BCUT2D eigenvalue weighted by molar-refractivity contribution is 7.85. The molecule has 0 spiro atoms.